The van der Waals surface area contributed by atoms with Gasteiger partial charge in [-0.1, -0.05) is 66.7 Å². The SMILES string of the molecule is CC(C)(Cc1ccc2ccccc2c1)NCC(O)COc1ccc(-c2ccccc2C(=O)O)cc1C#N. The van der Waals surface area contributed by atoms with E-state index in [9.17, 15) is 20.3 Å². The minimum Gasteiger partial charge on any atom is -0.489 e. The van der Waals surface area contributed by atoms with Crippen molar-refractivity contribution in [1.29, 1.82) is 5.26 Å². The molecule has 6 nitrogen and oxygen atoms in total. The summed E-state index contributed by atoms with van der Waals surface area (Å²) < 4.78 is 5.76. The number of carbonyl (C=O) groups is 1. The van der Waals surface area contributed by atoms with Gasteiger partial charge in [0.25, 0.3) is 0 Å². The van der Waals surface area contributed by atoms with Gasteiger partial charge < -0.3 is 20.3 Å². The zero-order valence-electron chi connectivity index (χ0n) is 20.9. The van der Waals surface area contributed by atoms with E-state index in [1.54, 1.807) is 36.4 Å². The van der Waals surface area contributed by atoms with Crippen molar-refractivity contribution in [2.45, 2.75) is 31.9 Å². The largest absolute Gasteiger partial charge is 0.489 e. The molecule has 0 aliphatic rings. The molecule has 37 heavy (non-hydrogen) atoms. The van der Waals surface area contributed by atoms with Gasteiger partial charge in [0.2, 0.25) is 0 Å². The molecule has 0 saturated heterocycles. The number of benzene rings is 4. The zero-order valence-corrected chi connectivity index (χ0v) is 20.9. The van der Waals surface area contributed by atoms with Crippen LogP contribution in [-0.4, -0.2) is 41.0 Å². The average Bonchev–Trinajstić information content (AvgIpc) is 2.90. The van der Waals surface area contributed by atoms with E-state index in [0.29, 0.717) is 23.4 Å². The molecular formula is C31H30N2O4. The number of β-amino-alcohol motifs (C(OH)–C–C–N with tert-alkyl or cyclic N) is 1. The number of carboxylic acid groups (broad SMARTS) is 1. The maximum absolute atomic E-state index is 11.6. The fourth-order valence-corrected chi connectivity index (χ4v) is 4.39. The summed E-state index contributed by atoms with van der Waals surface area (Å²) in [6.07, 6.45) is 0.0124. The molecule has 0 fully saturated rings. The minimum absolute atomic E-state index is 0.0127. The van der Waals surface area contributed by atoms with E-state index in [0.717, 1.165) is 6.42 Å². The molecule has 0 bridgehead atoms. The Balaban J connectivity index is 1.35. The average molecular weight is 495 g/mol. The number of aliphatic hydroxyl groups is 1. The standard InChI is InChI=1S/C31H30N2O4/c1-31(2,17-21-11-12-22-7-3-4-8-23(22)15-21)33-19-26(34)20-37-29-14-13-24(16-25(29)18-32)27-9-5-6-10-28(27)30(35)36/h3-16,26,33-34H,17,19-20H2,1-2H3,(H,35,36). The van der Waals surface area contributed by atoms with Crippen molar-refractivity contribution in [2.24, 2.45) is 0 Å². The lowest BCUT2D eigenvalue weighted by atomic mass is 9.93. The summed E-state index contributed by atoms with van der Waals surface area (Å²) in [5.41, 5.74) is 2.53. The van der Waals surface area contributed by atoms with E-state index in [4.69, 9.17) is 4.74 Å². The summed E-state index contributed by atoms with van der Waals surface area (Å²) in [5.74, 6) is -0.692. The third-order valence-electron chi connectivity index (χ3n) is 6.28. The number of nitrogens with zero attached hydrogens (tertiary/aromatic N) is 1. The van der Waals surface area contributed by atoms with Gasteiger partial charge >= 0.3 is 5.97 Å². The van der Waals surface area contributed by atoms with Crippen molar-refractivity contribution >= 4 is 16.7 Å². The molecule has 0 aromatic heterocycles. The lowest BCUT2D eigenvalue weighted by Gasteiger charge is -2.28. The predicted molar refractivity (Wildman–Crippen MR) is 145 cm³/mol. The summed E-state index contributed by atoms with van der Waals surface area (Å²) in [7, 11) is 0. The second-order valence-electron chi connectivity index (χ2n) is 9.76. The van der Waals surface area contributed by atoms with E-state index in [2.05, 4.69) is 55.6 Å². The topological polar surface area (TPSA) is 103 Å². The molecule has 0 radical (unpaired) electrons. The van der Waals surface area contributed by atoms with Crippen LogP contribution < -0.4 is 10.1 Å². The molecule has 0 aliphatic carbocycles. The monoisotopic (exact) mass is 494 g/mol. The number of fused-ring (bicyclic) bond motifs is 1. The Hall–Kier alpha value is -4.18. The minimum atomic E-state index is -1.03. The van der Waals surface area contributed by atoms with Gasteiger partial charge in [-0.3, -0.25) is 0 Å². The third-order valence-corrected chi connectivity index (χ3v) is 6.28. The Bertz CT molecular complexity index is 1460. The van der Waals surface area contributed by atoms with Crippen LogP contribution >= 0.6 is 0 Å². The molecule has 6 heteroatoms. The molecule has 0 aliphatic heterocycles. The highest BCUT2D eigenvalue weighted by atomic mass is 16.5. The molecule has 188 valence electrons. The van der Waals surface area contributed by atoms with Crippen LogP contribution in [0.1, 0.15) is 35.3 Å². The van der Waals surface area contributed by atoms with Crippen molar-refractivity contribution in [3.05, 3.63) is 102 Å². The van der Waals surface area contributed by atoms with Crippen LogP contribution in [0.4, 0.5) is 0 Å². The number of hydrogen-bond donors (Lipinski definition) is 3. The highest BCUT2D eigenvalue weighted by molar-refractivity contribution is 5.96. The fourth-order valence-electron chi connectivity index (χ4n) is 4.39. The van der Waals surface area contributed by atoms with E-state index < -0.39 is 12.1 Å². The number of rotatable bonds is 10. The van der Waals surface area contributed by atoms with Gasteiger partial charge in [-0.2, -0.15) is 5.26 Å². The van der Waals surface area contributed by atoms with Gasteiger partial charge in [0, 0.05) is 12.1 Å². The Morgan fingerprint density at radius 2 is 1.73 bits per heavy atom. The lowest BCUT2D eigenvalue weighted by molar-refractivity contribution is 0.0697. The van der Waals surface area contributed by atoms with Crippen LogP contribution in [0.25, 0.3) is 21.9 Å². The second-order valence-corrected chi connectivity index (χ2v) is 9.76. The summed E-state index contributed by atoms with van der Waals surface area (Å²) in [5, 5.41) is 35.5. The molecule has 4 rings (SSSR count). The van der Waals surface area contributed by atoms with E-state index in [-0.39, 0.29) is 23.3 Å². The quantitative estimate of drug-likeness (QED) is 0.272. The van der Waals surface area contributed by atoms with Crippen LogP contribution in [0, 0.1) is 11.3 Å². The molecule has 3 N–H and O–H groups in total. The first-order valence-electron chi connectivity index (χ1n) is 12.2. The Kier molecular flexibility index (Phi) is 7.88. The van der Waals surface area contributed by atoms with Crippen LogP contribution in [0.3, 0.4) is 0 Å². The van der Waals surface area contributed by atoms with Crippen molar-refractivity contribution in [1.82, 2.24) is 5.32 Å². The molecule has 0 heterocycles. The molecule has 4 aromatic carbocycles. The Labute approximate surface area is 216 Å². The van der Waals surface area contributed by atoms with E-state index in [1.807, 2.05) is 12.1 Å². The molecule has 1 unspecified atom stereocenters. The maximum atomic E-state index is 11.6. The number of aromatic carboxylic acids is 1. The Morgan fingerprint density at radius 1 is 1.00 bits per heavy atom. The van der Waals surface area contributed by atoms with Crippen LogP contribution in [0.5, 0.6) is 5.75 Å². The lowest BCUT2D eigenvalue weighted by Crippen LogP contribution is -2.46. The first-order valence-corrected chi connectivity index (χ1v) is 12.2. The molecule has 1 atom stereocenters. The number of nitriles is 1. The van der Waals surface area contributed by atoms with Gasteiger partial charge in [0.1, 0.15) is 24.5 Å². The second kappa shape index (κ2) is 11.3. The third kappa shape index (κ3) is 6.53. The Morgan fingerprint density at radius 3 is 2.49 bits per heavy atom. The first-order chi connectivity index (χ1) is 17.8. The highest BCUT2D eigenvalue weighted by Crippen LogP contribution is 2.29. The maximum Gasteiger partial charge on any atom is 0.336 e. The smallest absolute Gasteiger partial charge is 0.336 e. The van der Waals surface area contributed by atoms with Crippen molar-refractivity contribution in [2.75, 3.05) is 13.2 Å². The highest BCUT2D eigenvalue weighted by Gasteiger charge is 2.20. The normalized spacial score (nSPS) is 12.2. The van der Waals surface area contributed by atoms with Gasteiger partial charge in [-0.15, -0.1) is 0 Å². The first kappa shape index (κ1) is 25.9. The van der Waals surface area contributed by atoms with Gasteiger partial charge in [-0.25, -0.2) is 4.79 Å². The van der Waals surface area contributed by atoms with Gasteiger partial charge in [-0.05, 0) is 65.9 Å². The molecule has 0 amide bonds. The molecule has 0 saturated carbocycles. The fraction of sp³-hybridized carbons (Fsp3) is 0.226. The number of carboxylic acids is 1. The summed E-state index contributed by atoms with van der Waals surface area (Å²) in [4.78, 5) is 11.6. The van der Waals surface area contributed by atoms with E-state index in [1.165, 1.54) is 22.4 Å². The van der Waals surface area contributed by atoms with Crippen LogP contribution in [0.2, 0.25) is 0 Å². The zero-order chi connectivity index (χ0) is 26.4. The number of ether oxygens (including phenoxy) is 1. The van der Waals surface area contributed by atoms with Crippen molar-refractivity contribution in [3.8, 4) is 22.9 Å². The predicted octanol–water partition coefficient (Wildman–Crippen LogP) is 5.43. The van der Waals surface area contributed by atoms with Gasteiger partial charge in [0.05, 0.1) is 11.1 Å². The van der Waals surface area contributed by atoms with Crippen molar-refractivity contribution < 1.29 is 19.7 Å². The molecule has 0 spiro atoms. The van der Waals surface area contributed by atoms with Gasteiger partial charge in [0.15, 0.2) is 0 Å². The summed E-state index contributed by atoms with van der Waals surface area (Å²) in [6, 6.07) is 28.4. The van der Waals surface area contributed by atoms with Crippen LogP contribution in [0.15, 0.2) is 84.9 Å². The molecule has 4 aromatic rings. The van der Waals surface area contributed by atoms with E-state index >= 15 is 0 Å². The summed E-state index contributed by atoms with van der Waals surface area (Å²) >= 11 is 0. The molecular weight excluding hydrogens is 464 g/mol. The van der Waals surface area contributed by atoms with Crippen LogP contribution in [-0.2, 0) is 6.42 Å². The summed E-state index contributed by atoms with van der Waals surface area (Å²) in [6.45, 7) is 4.53. The number of nitrogens with one attached hydrogen (secondary N) is 1. The number of aliphatic hydroxyl groups excluding tert-OH is 1. The van der Waals surface area contributed by atoms with Crippen molar-refractivity contribution in [3.63, 3.8) is 0 Å². The number of hydrogen-bond acceptors (Lipinski definition) is 5.